The molecule has 1 N–H and O–H groups in total. The first-order chi connectivity index (χ1) is 12.3. The third-order valence-electron chi connectivity index (χ3n) is 4.87. The lowest BCUT2D eigenvalue weighted by molar-refractivity contribution is -0.117. The molecule has 25 heavy (non-hydrogen) atoms. The fraction of sp³-hybridized carbons (Fsp3) is 0.421. The number of para-hydroxylation sites is 1. The van der Waals surface area contributed by atoms with Gasteiger partial charge in [0.2, 0.25) is 11.9 Å². The Kier molecular flexibility index (Phi) is 4.61. The molecule has 1 aromatic carbocycles. The van der Waals surface area contributed by atoms with Crippen molar-refractivity contribution < 1.29 is 4.79 Å². The van der Waals surface area contributed by atoms with Gasteiger partial charge in [-0.3, -0.25) is 4.79 Å². The van der Waals surface area contributed by atoms with E-state index in [0.717, 1.165) is 30.3 Å². The van der Waals surface area contributed by atoms with Crippen LogP contribution in [0.15, 0.2) is 42.7 Å². The quantitative estimate of drug-likeness (QED) is 0.904. The van der Waals surface area contributed by atoms with Crippen LogP contribution in [-0.2, 0) is 11.3 Å². The molecule has 0 saturated carbocycles. The van der Waals surface area contributed by atoms with Gasteiger partial charge in [0.15, 0.2) is 0 Å². The second-order valence-corrected chi connectivity index (χ2v) is 6.71. The summed E-state index contributed by atoms with van der Waals surface area (Å²) in [5.74, 6) is 0.997. The number of nitrogens with zero attached hydrogens (tertiary/aromatic N) is 4. The second kappa shape index (κ2) is 7.19. The van der Waals surface area contributed by atoms with E-state index in [2.05, 4.69) is 20.2 Å². The van der Waals surface area contributed by atoms with E-state index in [1.54, 1.807) is 0 Å². The Hall–Kier alpha value is -2.47. The van der Waals surface area contributed by atoms with Crippen LogP contribution < -0.4 is 15.1 Å². The first-order valence-electron chi connectivity index (χ1n) is 8.94. The zero-order valence-electron chi connectivity index (χ0n) is 14.3. The first-order valence-corrected chi connectivity index (χ1v) is 8.94. The highest BCUT2D eigenvalue weighted by Gasteiger charge is 2.30. The molecule has 2 aliphatic heterocycles. The maximum Gasteiger partial charge on any atom is 0.228 e. The molecule has 6 heteroatoms. The van der Waals surface area contributed by atoms with Crippen LogP contribution >= 0.6 is 0 Å². The summed E-state index contributed by atoms with van der Waals surface area (Å²) in [5.41, 5.74) is 2.02. The molecule has 3 heterocycles. The van der Waals surface area contributed by atoms with Gasteiger partial charge in [0.1, 0.15) is 0 Å². The Bertz CT molecular complexity index is 712. The highest BCUT2D eigenvalue weighted by Crippen LogP contribution is 2.21. The number of benzene rings is 1. The van der Waals surface area contributed by atoms with Gasteiger partial charge in [0.25, 0.3) is 0 Å². The van der Waals surface area contributed by atoms with Gasteiger partial charge in [-0.05, 0) is 25.0 Å². The normalized spacial score (nSPS) is 20.5. The van der Waals surface area contributed by atoms with Gasteiger partial charge in [-0.25, -0.2) is 9.97 Å². The van der Waals surface area contributed by atoms with E-state index < -0.39 is 0 Å². The van der Waals surface area contributed by atoms with Crippen LogP contribution in [0, 0.1) is 0 Å². The number of nitrogens with one attached hydrogen (secondary N) is 1. The molecule has 2 saturated heterocycles. The van der Waals surface area contributed by atoms with E-state index >= 15 is 0 Å². The zero-order chi connectivity index (χ0) is 17.1. The van der Waals surface area contributed by atoms with Gasteiger partial charge < -0.3 is 15.1 Å². The number of hydrogen-bond acceptors (Lipinski definition) is 5. The van der Waals surface area contributed by atoms with E-state index in [0.29, 0.717) is 19.5 Å². The van der Waals surface area contributed by atoms with E-state index in [1.165, 1.54) is 12.8 Å². The van der Waals surface area contributed by atoms with Gasteiger partial charge in [0.05, 0.1) is 0 Å². The molecule has 0 aliphatic carbocycles. The molecule has 0 unspecified atom stereocenters. The van der Waals surface area contributed by atoms with Crippen molar-refractivity contribution in [3.8, 4) is 0 Å². The molecule has 1 aromatic heterocycles. The number of carbonyl (C=O) groups is 1. The van der Waals surface area contributed by atoms with Crippen molar-refractivity contribution in [3.05, 3.63) is 48.3 Å². The minimum Gasteiger partial charge on any atom is -0.341 e. The molecule has 2 fully saturated rings. The van der Waals surface area contributed by atoms with Gasteiger partial charge in [-0.2, -0.15) is 0 Å². The van der Waals surface area contributed by atoms with Crippen molar-refractivity contribution in [2.24, 2.45) is 0 Å². The molecule has 2 aliphatic rings. The number of amides is 1. The van der Waals surface area contributed by atoms with Crippen LogP contribution in [0.5, 0.6) is 0 Å². The predicted octanol–water partition coefficient (Wildman–Crippen LogP) is 1.97. The summed E-state index contributed by atoms with van der Waals surface area (Å²) in [4.78, 5) is 25.3. The van der Waals surface area contributed by atoms with E-state index in [4.69, 9.17) is 0 Å². The number of aromatic nitrogens is 2. The van der Waals surface area contributed by atoms with Crippen molar-refractivity contribution >= 4 is 17.5 Å². The predicted molar refractivity (Wildman–Crippen MR) is 97.5 cm³/mol. The van der Waals surface area contributed by atoms with Crippen molar-refractivity contribution in [1.82, 2.24) is 15.3 Å². The standard InChI is InChI=1S/C19H23N5O/c25-18-10-16(14-24(18)17-6-2-1-3-7-17)20-11-15-12-21-19(22-13-15)23-8-4-5-9-23/h1-3,6-7,12-13,16,20H,4-5,8-11,14H2/t16-/m0/s1. The SMILES string of the molecule is O=C1C[C@H](NCc2cnc(N3CCCC3)nc2)CN1c1ccccc1. The summed E-state index contributed by atoms with van der Waals surface area (Å²) in [6.07, 6.45) is 6.75. The third kappa shape index (κ3) is 3.64. The number of hydrogen-bond donors (Lipinski definition) is 1. The number of rotatable bonds is 5. The summed E-state index contributed by atoms with van der Waals surface area (Å²) in [6.45, 7) is 3.49. The summed E-state index contributed by atoms with van der Waals surface area (Å²) in [6, 6.07) is 10.00. The molecule has 130 valence electrons. The summed E-state index contributed by atoms with van der Waals surface area (Å²) in [7, 11) is 0. The molecule has 0 radical (unpaired) electrons. The van der Waals surface area contributed by atoms with Crippen molar-refractivity contribution in [3.63, 3.8) is 0 Å². The first kappa shape index (κ1) is 16.0. The Morgan fingerprint density at radius 2 is 1.80 bits per heavy atom. The fourth-order valence-electron chi connectivity index (χ4n) is 3.48. The largest absolute Gasteiger partial charge is 0.341 e. The van der Waals surface area contributed by atoms with Crippen molar-refractivity contribution in [2.45, 2.75) is 31.8 Å². The highest BCUT2D eigenvalue weighted by molar-refractivity contribution is 5.96. The van der Waals surface area contributed by atoms with Crippen LogP contribution in [-0.4, -0.2) is 41.6 Å². The van der Waals surface area contributed by atoms with E-state index in [9.17, 15) is 4.79 Å². The van der Waals surface area contributed by atoms with Crippen LogP contribution in [0.1, 0.15) is 24.8 Å². The van der Waals surface area contributed by atoms with Crippen LogP contribution in [0.25, 0.3) is 0 Å². The molecule has 1 atom stereocenters. The molecule has 6 nitrogen and oxygen atoms in total. The number of carbonyl (C=O) groups excluding carboxylic acids is 1. The van der Waals surface area contributed by atoms with Gasteiger partial charge in [0, 0.05) is 62.3 Å². The Morgan fingerprint density at radius 1 is 1.08 bits per heavy atom. The molecular weight excluding hydrogens is 314 g/mol. The molecular formula is C19H23N5O. The van der Waals surface area contributed by atoms with Crippen LogP contribution in [0.4, 0.5) is 11.6 Å². The lowest BCUT2D eigenvalue weighted by Crippen LogP contribution is -2.32. The van der Waals surface area contributed by atoms with Crippen molar-refractivity contribution in [1.29, 1.82) is 0 Å². The van der Waals surface area contributed by atoms with Gasteiger partial charge >= 0.3 is 0 Å². The molecule has 2 aromatic rings. The van der Waals surface area contributed by atoms with Crippen LogP contribution in [0.2, 0.25) is 0 Å². The summed E-state index contributed by atoms with van der Waals surface area (Å²) < 4.78 is 0. The highest BCUT2D eigenvalue weighted by atomic mass is 16.2. The number of anilines is 2. The van der Waals surface area contributed by atoms with Gasteiger partial charge in [-0.1, -0.05) is 18.2 Å². The lowest BCUT2D eigenvalue weighted by Gasteiger charge is -2.17. The average Bonchev–Trinajstić information content (AvgIpc) is 3.31. The molecule has 0 spiro atoms. The Balaban J connectivity index is 1.32. The monoisotopic (exact) mass is 337 g/mol. The molecule has 1 amide bonds. The smallest absolute Gasteiger partial charge is 0.228 e. The van der Waals surface area contributed by atoms with E-state index in [1.807, 2.05) is 47.6 Å². The van der Waals surface area contributed by atoms with Gasteiger partial charge in [-0.15, -0.1) is 0 Å². The fourth-order valence-corrected chi connectivity index (χ4v) is 3.48. The third-order valence-corrected chi connectivity index (χ3v) is 4.87. The van der Waals surface area contributed by atoms with E-state index in [-0.39, 0.29) is 11.9 Å². The maximum absolute atomic E-state index is 12.2. The zero-order valence-corrected chi connectivity index (χ0v) is 14.3. The summed E-state index contributed by atoms with van der Waals surface area (Å²) >= 11 is 0. The average molecular weight is 337 g/mol. The summed E-state index contributed by atoms with van der Waals surface area (Å²) in [5, 5.41) is 3.46. The topological polar surface area (TPSA) is 61.4 Å². The van der Waals surface area contributed by atoms with Crippen molar-refractivity contribution in [2.75, 3.05) is 29.4 Å². The minimum absolute atomic E-state index is 0.158. The molecule has 0 bridgehead atoms. The maximum atomic E-state index is 12.2. The Labute approximate surface area is 147 Å². The second-order valence-electron chi connectivity index (χ2n) is 6.71. The van der Waals surface area contributed by atoms with Crippen LogP contribution in [0.3, 0.4) is 0 Å². The Morgan fingerprint density at radius 3 is 2.52 bits per heavy atom. The minimum atomic E-state index is 0.158. The lowest BCUT2D eigenvalue weighted by atomic mass is 10.2. The molecule has 4 rings (SSSR count).